The van der Waals surface area contributed by atoms with Gasteiger partial charge in [0, 0.05) is 50.4 Å². The maximum atomic E-state index is 12.7. The van der Waals surface area contributed by atoms with Gasteiger partial charge in [-0.1, -0.05) is 6.08 Å². The molecule has 128 valence electrons. The molecule has 1 aromatic carbocycles. The molecule has 5 nitrogen and oxygen atoms in total. The second-order valence-electron chi connectivity index (χ2n) is 7.07. The standard InChI is InChI=1S/C20H22N4O/c25-20(23-9-1-2-10-23)15-6-7-17-18(14-15)24-13-12-22(16-4-3-5-16)11-8-19(24)21-17/h3-7,14H,1-2,8-13H2. The summed E-state index contributed by atoms with van der Waals surface area (Å²) in [5.41, 5.74) is 4.21. The molecule has 1 aliphatic carbocycles. The highest BCUT2D eigenvalue weighted by molar-refractivity contribution is 5.97. The van der Waals surface area contributed by atoms with E-state index in [2.05, 4.69) is 27.7 Å². The molecule has 0 radical (unpaired) electrons. The molecule has 0 N–H and O–H groups in total. The van der Waals surface area contributed by atoms with Crippen LogP contribution in [-0.2, 0) is 13.0 Å². The first kappa shape index (κ1) is 14.8. The summed E-state index contributed by atoms with van der Waals surface area (Å²) in [4.78, 5) is 21.9. The van der Waals surface area contributed by atoms with Gasteiger partial charge in [0.1, 0.15) is 5.82 Å². The number of hydrogen-bond acceptors (Lipinski definition) is 3. The summed E-state index contributed by atoms with van der Waals surface area (Å²) in [6.07, 6.45) is 9.60. The maximum absolute atomic E-state index is 12.7. The predicted molar refractivity (Wildman–Crippen MR) is 97.4 cm³/mol. The van der Waals surface area contributed by atoms with Crippen molar-refractivity contribution in [3.63, 3.8) is 0 Å². The molecule has 25 heavy (non-hydrogen) atoms. The Morgan fingerprint density at radius 1 is 1.04 bits per heavy atom. The van der Waals surface area contributed by atoms with Gasteiger partial charge in [-0.15, -0.1) is 0 Å². The number of nitrogens with zero attached hydrogens (tertiary/aromatic N) is 4. The van der Waals surface area contributed by atoms with Gasteiger partial charge in [0.15, 0.2) is 0 Å². The maximum Gasteiger partial charge on any atom is 0.253 e. The molecule has 0 unspecified atom stereocenters. The van der Waals surface area contributed by atoms with Crippen LogP contribution in [0.1, 0.15) is 29.0 Å². The number of carbonyl (C=O) groups is 1. The molecule has 5 heteroatoms. The number of rotatable bonds is 2. The van der Waals surface area contributed by atoms with Crippen molar-refractivity contribution in [1.29, 1.82) is 0 Å². The normalized spacial score (nSPS) is 19.6. The van der Waals surface area contributed by atoms with E-state index in [1.54, 1.807) is 0 Å². The lowest BCUT2D eigenvalue weighted by Crippen LogP contribution is -2.27. The van der Waals surface area contributed by atoms with Gasteiger partial charge in [0.25, 0.3) is 5.91 Å². The van der Waals surface area contributed by atoms with Crippen LogP contribution in [0.2, 0.25) is 0 Å². The number of benzene rings is 1. The molecule has 0 bridgehead atoms. The van der Waals surface area contributed by atoms with Crippen molar-refractivity contribution in [3.8, 4) is 0 Å². The first-order valence-electron chi connectivity index (χ1n) is 9.21. The molecule has 1 amide bonds. The Morgan fingerprint density at radius 2 is 1.88 bits per heavy atom. The van der Waals surface area contributed by atoms with E-state index in [1.807, 2.05) is 23.1 Å². The van der Waals surface area contributed by atoms with Crippen LogP contribution in [0.25, 0.3) is 11.0 Å². The average Bonchev–Trinajstić information content (AvgIpc) is 3.18. The van der Waals surface area contributed by atoms with Crippen LogP contribution in [0.4, 0.5) is 0 Å². The smallest absolute Gasteiger partial charge is 0.253 e. The van der Waals surface area contributed by atoms with Gasteiger partial charge in [0.05, 0.1) is 11.0 Å². The Morgan fingerprint density at radius 3 is 2.64 bits per heavy atom. The number of allylic oxidation sites excluding steroid dienone is 3. The zero-order chi connectivity index (χ0) is 16.8. The monoisotopic (exact) mass is 334 g/mol. The molecular formula is C20H22N4O. The van der Waals surface area contributed by atoms with Crippen molar-refractivity contribution in [2.75, 3.05) is 26.2 Å². The molecule has 0 saturated carbocycles. The van der Waals surface area contributed by atoms with Gasteiger partial charge in [-0.05, 0) is 43.2 Å². The quantitative estimate of drug-likeness (QED) is 0.848. The Hall–Kier alpha value is -2.56. The second kappa shape index (κ2) is 5.76. The SMILES string of the molecule is O=C(c1ccc2nc3n(c2c1)CCN(C1=CC=C1)CC3)N1CCCC1. The third-order valence-electron chi connectivity index (χ3n) is 5.57. The fourth-order valence-electron chi connectivity index (χ4n) is 4.07. The Balaban J connectivity index is 1.46. The van der Waals surface area contributed by atoms with E-state index < -0.39 is 0 Å². The second-order valence-corrected chi connectivity index (χ2v) is 7.07. The first-order valence-corrected chi connectivity index (χ1v) is 9.21. The highest BCUT2D eigenvalue weighted by Crippen LogP contribution is 2.24. The summed E-state index contributed by atoms with van der Waals surface area (Å²) in [6, 6.07) is 5.99. The van der Waals surface area contributed by atoms with Crippen molar-refractivity contribution in [3.05, 3.63) is 53.5 Å². The molecule has 1 fully saturated rings. The lowest BCUT2D eigenvalue weighted by atomic mass is 10.1. The van der Waals surface area contributed by atoms with E-state index in [0.717, 1.165) is 74.4 Å². The highest BCUT2D eigenvalue weighted by Gasteiger charge is 2.22. The number of amides is 1. The van der Waals surface area contributed by atoms with Crippen molar-refractivity contribution in [1.82, 2.24) is 19.4 Å². The third kappa shape index (κ3) is 2.46. The topological polar surface area (TPSA) is 41.4 Å². The van der Waals surface area contributed by atoms with Gasteiger partial charge >= 0.3 is 0 Å². The highest BCUT2D eigenvalue weighted by atomic mass is 16.2. The van der Waals surface area contributed by atoms with E-state index in [0.29, 0.717) is 0 Å². The molecule has 1 aromatic heterocycles. The minimum atomic E-state index is 0.162. The molecule has 0 atom stereocenters. The largest absolute Gasteiger partial charge is 0.369 e. The van der Waals surface area contributed by atoms with Crippen LogP contribution < -0.4 is 0 Å². The summed E-state index contributed by atoms with van der Waals surface area (Å²) in [7, 11) is 0. The zero-order valence-electron chi connectivity index (χ0n) is 14.3. The molecule has 3 heterocycles. The van der Waals surface area contributed by atoms with Crippen molar-refractivity contribution >= 4 is 16.9 Å². The number of fused-ring (bicyclic) bond motifs is 3. The number of aromatic nitrogens is 2. The van der Waals surface area contributed by atoms with E-state index in [4.69, 9.17) is 4.98 Å². The summed E-state index contributed by atoms with van der Waals surface area (Å²) >= 11 is 0. The van der Waals surface area contributed by atoms with E-state index in [1.165, 1.54) is 5.70 Å². The number of hydrogen-bond donors (Lipinski definition) is 0. The van der Waals surface area contributed by atoms with Crippen molar-refractivity contribution in [2.45, 2.75) is 25.8 Å². The zero-order valence-corrected chi connectivity index (χ0v) is 14.3. The van der Waals surface area contributed by atoms with Crippen LogP contribution in [0.3, 0.4) is 0 Å². The summed E-state index contributed by atoms with van der Waals surface area (Å²) < 4.78 is 2.30. The minimum absolute atomic E-state index is 0.162. The van der Waals surface area contributed by atoms with E-state index in [9.17, 15) is 4.79 Å². The molecular weight excluding hydrogens is 312 g/mol. The van der Waals surface area contributed by atoms with Crippen LogP contribution in [0.15, 0.2) is 42.1 Å². The van der Waals surface area contributed by atoms with Crippen LogP contribution in [0, 0.1) is 0 Å². The van der Waals surface area contributed by atoms with Crippen molar-refractivity contribution < 1.29 is 4.79 Å². The average molecular weight is 334 g/mol. The van der Waals surface area contributed by atoms with Gasteiger partial charge in [-0.3, -0.25) is 4.79 Å². The molecule has 2 aliphatic heterocycles. The molecule has 1 saturated heterocycles. The lowest BCUT2D eigenvalue weighted by Gasteiger charge is -2.25. The number of imidazole rings is 1. The first-order chi connectivity index (χ1) is 12.3. The van der Waals surface area contributed by atoms with Crippen molar-refractivity contribution in [2.24, 2.45) is 0 Å². The van der Waals surface area contributed by atoms with E-state index >= 15 is 0 Å². The summed E-state index contributed by atoms with van der Waals surface area (Å²) in [5, 5.41) is 0. The lowest BCUT2D eigenvalue weighted by molar-refractivity contribution is 0.0793. The molecule has 5 rings (SSSR count). The molecule has 3 aliphatic rings. The van der Waals surface area contributed by atoms with Gasteiger partial charge in [-0.2, -0.15) is 0 Å². The van der Waals surface area contributed by atoms with Gasteiger partial charge in [0.2, 0.25) is 0 Å². The third-order valence-corrected chi connectivity index (χ3v) is 5.57. The Bertz CT molecular complexity index is 902. The Labute approximate surface area is 147 Å². The Kier molecular flexibility index (Phi) is 3.40. The van der Waals surface area contributed by atoms with Gasteiger partial charge in [-0.25, -0.2) is 4.98 Å². The molecule has 0 spiro atoms. The van der Waals surface area contributed by atoms with Gasteiger partial charge < -0.3 is 14.4 Å². The minimum Gasteiger partial charge on any atom is -0.369 e. The fourth-order valence-corrected chi connectivity index (χ4v) is 4.07. The van der Waals surface area contributed by atoms with E-state index in [-0.39, 0.29) is 5.91 Å². The van der Waals surface area contributed by atoms with Crippen LogP contribution in [-0.4, -0.2) is 51.4 Å². The summed E-state index contributed by atoms with van der Waals surface area (Å²) in [6.45, 7) is 4.67. The number of carbonyl (C=O) groups excluding carboxylic acids is 1. The number of likely N-dealkylation sites (tertiary alicyclic amines) is 1. The molecule has 2 aromatic rings. The fraction of sp³-hybridized carbons (Fsp3) is 0.400. The van der Waals surface area contributed by atoms with Crippen LogP contribution in [0.5, 0.6) is 0 Å². The predicted octanol–water partition coefficient (Wildman–Crippen LogP) is 2.58. The summed E-state index contributed by atoms with van der Waals surface area (Å²) in [5.74, 6) is 1.29. The van der Waals surface area contributed by atoms with Crippen LogP contribution >= 0.6 is 0 Å².